The van der Waals surface area contributed by atoms with Crippen LogP contribution in [0, 0.1) is 0 Å². The molecule has 2 rings (SSSR count). The minimum atomic E-state index is -0.556. The molecular weight excluding hydrogens is 202 g/mol. The van der Waals surface area contributed by atoms with Crippen LogP contribution in [0.25, 0.3) is 0 Å². The Bertz CT molecular complexity index is 440. The number of benzene rings is 1. The van der Waals surface area contributed by atoms with E-state index < -0.39 is 5.54 Å². The molecule has 0 fully saturated rings. The highest BCUT2D eigenvalue weighted by Crippen LogP contribution is 2.36. The monoisotopic (exact) mass is 219 g/mol. The largest absolute Gasteiger partial charge is 0.399 e. The summed E-state index contributed by atoms with van der Waals surface area (Å²) in [5.41, 5.74) is 7.69. The lowest BCUT2D eigenvalue weighted by molar-refractivity contribution is -0.122. The zero-order valence-corrected chi connectivity index (χ0v) is 9.87. The minimum Gasteiger partial charge on any atom is -0.399 e. The third-order valence-electron chi connectivity index (χ3n) is 2.86. The van der Waals surface area contributed by atoms with Crippen molar-refractivity contribution in [3.8, 4) is 0 Å². The molecule has 1 amide bonds. The van der Waals surface area contributed by atoms with E-state index in [1.807, 2.05) is 39.0 Å². The van der Waals surface area contributed by atoms with Crippen LogP contribution in [0.1, 0.15) is 20.8 Å². The second-order valence-corrected chi connectivity index (χ2v) is 4.58. The van der Waals surface area contributed by atoms with E-state index in [9.17, 15) is 4.79 Å². The van der Waals surface area contributed by atoms with Gasteiger partial charge in [0, 0.05) is 12.2 Å². The van der Waals surface area contributed by atoms with E-state index in [1.165, 1.54) is 0 Å². The molecule has 1 aromatic rings. The maximum Gasteiger partial charge on any atom is 0.252 e. The molecule has 0 atom stereocenters. The molecule has 1 heterocycles. The molecule has 0 saturated carbocycles. The van der Waals surface area contributed by atoms with Crippen molar-refractivity contribution in [2.75, 3.05) is 22.5 Å². The van der Waals surface area contributed by atoms with Gasteiger partial charge in [-0.15, -0.1) is 0 Å². The van der Waals surface area contributed by atoms with Crippen molar-refractivity contribution in [2.45, 2.75) is 26.3 Å². The van der Waals surface area contributed by atoms with Gasteiger partial charge in [0.1, 0.15) is 5.54 Å². The molecule has 0 saturated heterocycles. The predicted octanol–water partition coefficient (Wildman–Crippen LogP) is 1.83. The summed E-state index contributed by atoms with van der Waals surface area (Å²) in [4.78, 5) is 13.9. The molecule has 4 heteroatoms. The summed E-state index contributed by atoms with van der Waals surface area (Å²) in [6.45, 7) is 6.39. The lowest BCUT2D eigenvalue weighted by Crippen LogP contribution is -2.53. The van der Waals surface area contributed by atoms with Crippen LogP contribution in [0.4, 0.5) is 17.1 Å². The number of carbonyl (C=O) groups is 1. The van der Waals surface area contributed by atoms with Gasteiger partial charge in [-0.2, -0.15) is 0 Å². The highest BCUT2D eigenvalue weighted by molar-refractivity contribution is 6.07. The molecular formula is C12H17N3O. The van der Waals surface area contributed by atoms with Crippen molar-refractivity contribution in [3.63, 3.8) is 0 Å². The Morgan fingerprint density at radius 2 is 2.12 bits per heavy atom. The van der Waals surface area contributed by atoms with Gasteiger partial charge in [0.05, 0.1) is 11.4 Å². The molecule has 1 aromatic carbocycles. The van der Waals surface area contributed by atoms with Crippen molar-refractivity contribution in [2.24, 2.45) is 0 Å². The number of hydrogen-bond acceptors (Lipinski definition) is 3. The van der Waals surface area contributed by atoms with Crippen LogP contribution in [0.15, 0.2) is 18.2 Å². The van der Waals surface area contributed by atoms with E-state index in [-0.39, 0.29) is 5.91 Å². The number of carbonyl (C=O) groups excluding carboxylic acids is 1. The summed E-state index contributed by atoms with van der Waals surface area (Å²) in [5.74, 6) is 0.0769. The molecule has 0 aromatic heterocycles. The summed E-state index contributed by atoms with van der Waals surface area (Å²) >= 11 is 0. The number of nitrogen functional groups attached to an aromatic ring is 1. The van der Waals surface area contributed by atoms with E-state index in [4.69, 9.17) is 5.73 Å². The molecule has 0 unspecified atom stereocenters. The molecule has 0 radical (unpaired) electrons. The first-order valence-electron chi connectivity index (χ1n) is 5.45. The van der Waals surface area contributed by atoms with Crippen molar-refractivity contribution >= 4 is 23.0 Å². The highest BCUT2D eigenvalue weighted by atomic mass is 16.2. The zero-order chi connectivity index (χ0) is 11.9. The average Bonchev–Trinajstić information content (AvgIpc) is 2.21. The lowest BCUT2D eigenvalue weighted by Gasteiger charge is -2.39. The number of likely N-dealkylation sites (N-methyl/N-ethyl adjacent to an activating group) is 1. The van der Waals surface area contributed by atoms with Crippen LogP contribution in [0.3, 0.4) is 0 Å². The van der Waals surface area contributed by atoms with E-state index in [1.54, 1.807) is 4.90 Å². The van der Waals surface area contributed by atoms with Crippen LogP contribution in [0.2, 0.25) is 0 Å². The number of nitrogens with two attached hydrogens (primary N) is 1. The van der Waals surface area contributed by atoms with Gasteiger partial charge in [-0.1, -0.05) is 0 Å². The summed E-state index contributed by atoms with van der Waals surface area (Å²) in [6, 6.07) is 5.59. The van der Waals surface area contributed by atoms with E-state index in [0.717, 1.165) is 11.4 Å². The summed E-state index contributed by atoms with van der Waals surface area (Å²) in [7, 11) is 0. The van der Waals surface area contributed by atoms with Gasteiger partial charge >= 0.3 is 0 Å². The number of hydrogen-bond donors (Lipinski definition) is 2. The van der Waals surface area contributed by atoms with Gasteiger partial charge < -0.3 is 16.0 Å². The Hall–Kier alpha value is -1.71. The quantitative estimate of drug-likeness (QED) is 0.708. The standard InChI is InChI=1S/C12H17N3O/c1-4-15-10-7-8(13)5-6-9(10)14-12(2,3)11(15)16/h5-7,14H,4,13H2,1-3H3. The zero-order valence-electron chi connectivity index (χ0n) is 9.87. The van der Waals surface area contributed by atoms with Gasteiger partial charge in [0.2, 0.25) is 0 Å². The Kier molecular flexibility index (Phi) is 2.30. The van der Waals surface area contributed by atoms with Crippen LogP contribution in [-0.2, 0) is 4.79 Å². The first-order chi connectivity index (χ1) is 7.45. The molecule has 16 heavy (non-hydrogen) atoms. The number of anilines is 3. The topological polar surface area (TPSA) is 58.4 Å². The van der Waals surface area contributed by atoms with Crippen LogP contribution in [0.5, 0.6) is 0 Å². The maximum atomic E-state index is 12.2. The minimum absolute atomic E-state index is 0.0769. The van der Waals surface area contributed by atoms with E-state index >= 15 is 0 Å². The van der Waals surface area contributed by atoms with Crippen LogP contribution in [-0.4, -0.2) is 18.0 Å². The first kappa shape index (κ1) is 10.8. The Morgan fingerprint density at radius 3 is 2.75 bits per heavy atom. The second-order valence-electron chi connectivity index (χ2n) is 4.58. The van der Waals surface area contributed by atoms with Gasteiger partial charge in [-0.05, 0) is 39.0 Å². The summed E-state index contributed by atoms with van der Waals surface area (Å²) in [6.07, 6.45) is 0. The molecule has 0 bridgehead atoms. The number of nitrogens with zero attached hydrogens (tertiary/aromatic N) is 1. The molecule has 1 aliphatic rings. The molecule has 4 nitrogen and oxygen atoms in total. The second kappa shape index (κ2) is 3.40. The third-order valence-corrected chi connectivity index (χ3v) is 2.86. The number of rotatable bonds is 1. The van der Waals surface area contributed by atoms with E-state index in [0.29, 0.717) is 12.2 Å². The lowest BCUT2D eigenvalue weighted by atomic mass is 9.98. The average molecular weight is 219 g/mol. The summed E-state index contributed by atoms with van der Waals surface area (Å²) in [5, 5.41) is 3.23. The molecule has 1 aliphatic heterocycles. The van der Waals surface area contributed by atoms with Gasteiger partial charge in [0.15, 0.2) is 0 Å². The Labute approximate surface area is 95.4 Å². The van der Waals surface area contributed by atoms with Crippen LogP contribution >= 0.6 is 0 Å². The van der Waals surface area contributed by atoms with Crippen molar-refractivity contribution in [1.29, 1.82) is 0 Å². The molecule has 86 valence electrons. The Morgan fingerprint density at radius 1 is 1.44 bits per heavy atom. The van der Waals surface area contributed by atoms with Gasteiger partial charge in [-0.25, -0.2) is 0 Å². The molecule has 0 spiro atoms. The molecule has 0 aliphatic carbocycles. The number of amides is 1. The maximum absolute atomic E-state index is 12.2. The van der Waals surface area contributed by atoms with Gasteiger partial charge in [0.25, 0.3) is 5.91 Å². The summed E-state index contributed by atoms with van der Waals surface area (Å²) < 4.78 is 0. The van der Waals surface area contributed by atoms with Crippen molar-refractivity contribution in [1.82, 2.24) is 0 Å². The van der Waals surface area contributed by atoms with Crippen molar-refractivity contribution in [3.05, 3.63) is 18.2 Å². The third kappa shape index (κ3) is 1.50. The SMILES string of the molecule is CCN1C(=O)C(C)(C)Nc2ccc(N)cc21. The van der Waals surface area contributed by atoms with E-state index in [2.05, 4.69) is 5.32 Å². The highest BCUT2D eigenvalue weighted by Gasteiger charge is 2.37. The fourth-order valence-electron chi connectivity index (χ4n) is 2.03. The fraction of sp³-hybridized carbons (Fsp3) is 0.417. The van der Waals surface area contributed by atoms with Crippen LogP contribution < -0.4 is 16.0 Å². The predicted molar refractivity (Wildman–Crippen MR) is 66.6 cm³/mol. The van der Waals surface area contributed by atoms with Gasteiger partial charge in [-0.3, -0.25) is 4.79 Å². The number of nitrogens with one attached hydrogen (secondary N) is 1. The molecule has 3 N–H and O–H groups in total. The smallest absolute Gasteiger partial charge is 0.252 e. The normalized spacial score (nSPS) is 17.9. The van der Waals surface area contributed by atoms with Crippen molar-refractivity contribution < 1.29 is 4.79 Å². The Balaban J connectivity index is 2.56. The first-order valence-corrected chi connectivity index (χ1v) is 5.45. The fourth-order valence-corrected chi connectivity index (χ4v) is 2.03. The number of fused-ring (bicyclic) bond motifs is 1.